The number of aliphatic hydroxyl groups is 2. The molecular formula is C75H114N2O14Si. The minimum atomic E-state index is -1.20. The van der Waals surface area contributed by atoms with Gasteiger partial charge in [0.25, 0.3) is 0 Å². The van der Waals surface area contributed by atoms with Crippen LogP contribution in [0, 0.1) is 17.8 Å². The summed E-state index contributed by atoms with van der Waals surface area (Å²) in [5.74, 6) is -0.914. The van der Waals surface area contributed by atoms with Gasteiger partial charge in [0.1, 0.15) is 37.3 Å². The molecule has 10 atom stereocenters. The van der Waals surface area contributed by atoms with E-state index in [-0.39, 0.29) is 60.4 Å². The summed E-state index contributed by atoms with van der Waals surface area (Å²) in [7, 11) is -1.20. The summed E-state index contributed by atoms with van der Waals surface area (Å²) < 4.78 is 34.4. The van der Waals surface area contributed by atoms with Gasteiger partial charge in [-0.25, -0.2) is 19.2 Å². The van der Waals surface area contributed by atoms with Crippen molar-refractivity contribution in [3.63, 3.8) is 0 Å². The van der Waals surface area contributed by atoms with Crippen molar-refractivity contribution in [3.8, 4) is 0 Å². The molecule has 2 aliphatic heterocycles. The molecule has 0 saturated heterocycles. The van der Waals surface area contributed by atoms with Crippen LogP contribution < -0.4 is 11.5 Å². The molecule has 2 aliphatic rings. The van der Waals surface area contributed by atoms with Crippen LogP contribution in [0.1, 0.15) is 166 Å². The molecule has 92 heavy (non-hydrogen) atoms. The number of carbonyl (C=O) groups is 6. The number of primary amides is 2. The third-order valence-electron chi connectivity index (χ3n) is 14.6. The number of nitrogens with two attached hydrogens (primary N) is 2. The Bertz CT molecular complexity index is 2720. The van der Waals surface area contributed by atoms with Crippen LogP contribution in [0.15, 0.2) is 167 Å². The number of ketones is 2. The first kappa shape index (κ1) is 83.2. The second-order valence-corrected chi connectivity index (χ2v) is 31.5. The van der Waals surface area contributed by atoms with Gasteiger partial charge in [-0.2, -0.15) is 0 Å². The van der Waals surface area contributed by atoms with E-state index in [0.29, 0.717) is 83.7 Å². The molecule has 0 radical (unpaired) electrons. The van der Waals surface area contributed by atoms with Crippen molar-refractivity contribution in [2.75, 3.05) is 13.4 Å². The highest BCUT2D eigenvalue weighted by molar-refractivity contribution is 6.76. The highest BCUT2D eigenvalue weighted by Gasteiger charge is 2.24. The van der Waals surface area contributed by atoms with Crippen LogP contribution in [0.4, 0.5) is 9.59 Å². The molecule has 0 aromatic heterocycles. The van der Waals surface area contributed by atoms with E-state index in [9.17, 15) is 39.0 Å². The summed E-state index contributed by atoms with van der Waals surface area (Å²) in [5.41, 5.74) is 16.6. The average Bonchev–Trinajstić information content (AvgIpc) is 1.86. The van der Waals surface area contributed by atoms with Crippen molar-refractivity contribution < 1.29 is 67.4 Å². The predicted molar refractivity (Wildman–Crippen MR) is 374 cm³/mol. The summed E-state index contributed by atoms with van der Waals surface area (Å²) in [6.07, 6.45) is 41.9. The number of esters is 2. The van der Waals surface area contributed by atoms with Crippen molar-refractivity contribution in [1.29, 1.82) is 0 Å². The molecule has 6 N–H and O–H groups in total. The van der Waals surface area contributed by atoms with Crippen LogP contribution in [0.25, 0.3) is 0 Å². The lowest BCUT2D eigenvalue weighted by Gasteiger charge is -2.22. The largest absolute Gasteiger partial charge is 0.458 e. The van der Waals surface area contributed by atoms with E-state index in [1.807, 2.05) is 161 Å². The van der Waals surface area contributed by atoms with E-state index in [0.717, 1.165) is 52.3 Å². The van der Waals surface area contributed by atoms with Crippen LogP contribution in [-0.2, 0) is 47.6 Å². The summed E-state index contributed by atoms with van der Waals surface area (Å²) in [6, 6.07) is 1.07. The zero-order valence-corrected chi connectivity index (χ0v) is 58.9. The minimum Gasteiger partial charge on any atom is -0.458 e. The molecule has 16 nitrogen and oxygen atoms in total. The van der Waals surface area contributed by atoms with Gasteiger partial charge >= 0.3 is 24.1 Å². The number of amides is 2. The molecule has 0 aromatic carbocycles. The number of carbonyl (C=O) groups excluding carboxylic acids is 6. The van der Waals surface area contributed by atoms with Crippen molar-refractivity contribution in [2.45, 2.75) is 234 Å². The second kappa shape index (κ2) is 48.0. The van der Waals surface area contributed by atoms with Gasteiger partial charge in [-0.15, -0.1) is 0 Å². The number of ether oxygens (including phenoxy) is 6. The lowest BCUT2D eigenvalue weighted by atomic mass is 9.95. The highest BCUT2D eigenvalue weighted by atomic mass is 28.3. The number of rotatable bonds is 20. The van der Waals surface area contributed by atoms with Crippen LogP contribution in [-0.4, -0.2) is 110 Å². The fourth-order valence-corrected chi connectivity index (χ4v) is 10.4. The Hall–Kier alpha value is -6.76. The molecule has 0 spiro atoms. The van der Waals surface area contributed by atoms with Crippen molar-refractivity contribution >= 4 is 43.8 Å². The molecule has 2 amide bonds. The summed E-state index contributed by atoms with van der Waals surface area (Å²) in [6.45, 7) is 29.4. The molecule has 512 valence electrons. The SMILES string of the molecule is CC(C)=CC(=O)C/C=C/C(C)=C/[C@@H](C)C1C/C(C)=C/C=C/CC[C@@H](OC(N)=O)[C@H](C)/C=C/[C@H](OCOCC[Si](C)(C)C)CCC/C=C/C(=O)O1.CC(C)=CC(=O)C/C=C/C(C)=C/[C@@H](C)C1C/C(C)=C/C=C/CC[C@@H](OC(N)=O)[C@H](O)/C=C/[C@H](O)CCC/C=C/C(=O)O1. The normalized spacial score (nSPS) is 26.7. The van der Waals surface area contributed by atoms with Crippen molar-refractivity contribution in [3.05, 3.63) is 167 Å². The lowest BCUT2D eigenvalue weighted by molar-refractivity contribution is -0.145. The lowest BCUT2D eigenvalue weighted by Crippen LogP contribution is -2.32. The van der Waals surface area contributed by atoms with E-state index in [2.05, 4.69) is 25.7 Å². The number of hydrogen-bond donors (Lipinski definition) is 4. The number of cyclic esters (lactones) is 2. The first-order chi connectivity index (χ1) is 43.4. The molecule has 0 bridgehead atoms. The van der Waals surface area contributed by atoms with E-state index in [4.69, 9.17) is 39.9 Å². The minimum absolute atomic E-state index is 0.0507. The molecule has 0 saturated carbocycles. The maximum atomic E-state index is 13.0. The average molecular weight is 1300 g/mol. The van der Waals surface area contributed by atoms with E-state index < -0.39 is 50.6 Å². The first-order valence-corrected chi connectivity index (χ1v) is 36.4. The van der Waals surface area contributed by atoms with Gasteiger partial charge in [0, 0.05) is 70.3 Å². The van der Waals surface area contributed by atoms with Gasteiger partial charge in [-0.1, -0.05) is 183 Å². The highest BCUT2D eigenvalue weighted by Crippen LogP contribution is 2.24. The summed E-state index contributed by atoms with van der Waals surface area (Å²) in [5, 5.41) is 20.7. The van der Waals surface area contributed by atoms with Gasteiger partial charge < -0.3 is 50.1 Å². The Morgan fingerprint density at radius 3 is 1.58 bits per heavy atom. The Labute approximate surface area is 552 Å². The Morgan fingerprint density at radius 2 is 1.11 bits per heavy atom. The Balaban J connectivity index is 0.000000934. The topological polar surface area (TPSA) is 250 Å². The molecule has 0 fully saturated rings. The standard InChI is InChI=1S/C41H65NO7Si.C34H49NO7/c1-31(2)27-36(43)19-16-18-32(3)28-35(6)39-29-33(4)17-12-10-14-21-38(49-41(42)45)34(5)23-24-37(20-13-11-15-22-40(44)48-39)47-30-46-25-26-50(7,8)9;1-24(2)21-29(37)16-12-14-25(3)22-27(5)32-23-26(4)13-8-6-10-17-31(42-34(35)40)30(38)20-19-28(36)15-9-7-11-18-33(39)41-32/h10,12,15-18,22-24,27-28,34-35,37-39H,11,13-14,19-21,25-26,29-30H2,1-9H3,(H2,42,45);6,8,11-14,18-22,27-28,30-32,36,38H,7,9-10,15-17,23H2,1-5H3,(H2,35,40)/b12-10+,18-16+,22-15+,24-23+,32-28+,33-17+;8-6+,14-12+,18-11+,20-19+,25-22+,26-13+/t34-,35-,37-,38-,39?;27-,28-,30-,31-,32?/m11/s1. The fourth-order valence-electron chi connectivity index (χ4n) is 9.60. The molecule has 2 unspecified atom stereocenters. The maximum Gasteiger partial charge on any atom is 0.404 e. The molecule has 17 heteroatoms. The Kier molecular flexibility index (Phi) is 43.5. The van der Waals surface area contributed by atoms with E-state index >= 15 is 0 Å². The third kappa shape index (κ3) is 44.7. The first-order valence-electron chi connectivity index (χ1n) is 32.7. The smallest absolute Gasteiger partial charge is 0.404 e. The number of allylic oxidation sites excluding steroid dienone is 18. The van der Waals surface area contributed by atoms with Gasteiger partial charge in [-0.3, -0.25) is 9.59 Å². The van der Waals surface area contributed by atoms with Gasteiger partial charge in [0.15, 0.2) is 11.6 Å². The van der Waals surface area contributed by atoms with Gasteiger partial charge in [0.2, 0.25) is 0 Å². The van der Waals surface area contributed by atoms with Crippen molar-refractivity contribution in [1.82, 2.24) is 0 Å². The predicted octanol–water partition coefficient (Wildman–Crippen LogP) is 15.8. The Morgan fingerprint density at radius 1 is 0.641 bits per heavy atom. The molecule has 2 rings (SSSR count). The van der Waals surface area contributed by atoms with Gasteiger partial charge in [-0.05, 0) is 138 Å². The van der Waals surface area contributed by atoms with Crippen LogP contribution in [0.2, 0.25) is 25.7 Å². The molecule has 2 heterocycles. The molecule has 0 aromatic rings. The third-order valence-corrected chi connectivity index (χ3v) is 16.3. The van der Waals surface area contributed by atoms with Crippen LogP contribution >= 0.6 is 0 Å². The molecule has 0 aliphatic carbocycles. The zero-order valence-electron chi connectivity index (χ0n) is 57.9. The number of aliphatic hydroxyl groups excluding tert-OH is 2. The second-order valence-electron chi connectivity index (χ2n) is 25.9. The van der Waals surface area contributed by atoms with E-state index in [1.54, 1.807) is 18.2 Å². The van der Waals surface area contributed by atoms with Crippen molar-refractivity contribution in [2.24, 2.45) is 29.2 Å². The quantitative estimate of drug-likeness (QED) is 0.0129. The van der Waals surface area contributed by atoms with Crippen LogP contribution in [0.5, 0.6) is 0 Å². The summed E-state index contributed by atoms with van der Waals surface area (Å²) >= 11 is 0. The monoisotopic (exact) mass is 1290 g/mol. The number of hydrogen-bond acceptors (Lipinski definition) is 14. The van der Waals surface area contributed by atoms with Gasteiger partial charge in [0.05, 0.1) is 12.2 Å². The van der Waals surface area contributed by atoms with E-state index in [1.165, 1.54) is 24.3 Å². The maximum absolute atomic E-state index is 13.0. The summed E-state index contributed by atoms with van der Waals surface area (Å²) in [4.78, 5) is 72.6. The fraction of sp³-hybridized carbons (Fsp3) is 0.547. The van der Waals surface area contributed by atoms with Crippen LogP contribution in [0.3, 0.4) is 0 Å². The molecular weight excluding hydrogens is 1180 g/mol. The zero-order chi connectivity index (χ0) is 69.0.